The van der Waals surface area contributed by atoms with Crippen LogP contribution in [0.4, 0.5) is 5.69 Å². The number of carbonyl (C=O) groups excluding carboxylic acids is 1. The highest BCUT2D eigenvalue weighted by molar-refractivity contribution is 8.27. The van der Waals surface area contributed by atoms with Crippen molar-refractivity contribution in [2.24, 2.45) is 0 Å². The van der Waals surface area contributed by atoms with Gasteiger partial charge in [-0.25, -0.2) is 0 Å². The molecule has 3 rings (SSSR count). The van der Waals surface area contributed by atoms with E-state index in [0.717, 1.165) is 43.1 Å². The molecule has 31 heavy (non-hydrogen) atoms. The summed E-state index contributed by atoms with van der Waals surface area (Å²) in [5, 5.41) is 0.917. The molecule has 0 radical (unpaired) electrons. The fraction of sp³-hybridized carbons (Fsp3) is 0.304. The molecule has 1 aliphatic rings. The van der Waals surface area contributed by atoms with Crippen LogP contribution < -0.4 is 9.64 Å². The quantitative estimate of drug-likeness (QED) is 0.225. The summed E-state index contributed by atoms with van der Waals surface area (Å²) in [6.07, 6.45) is 2.74. The van der Waals surface area contributed by atoms with Crippen molar-refractivity contribution in [2.45, 2.75) is 20.3 Å². The third-order valence-corrected chi connectivity index (χ3v) is 6.95. The zero-order valence-corrected chi connectivity index (χ0v) is 20.6. The minimum absolute atomic E-state index is 0.158. The summed E-state index contributed by atoms with van der Waals surface area (Å²) < 4.78 is 6.32. The van der Waals surface area contributed by atoms with E-state index in [4.69, 9.17) is 40.2 Å². The average molecular weight is 495 g/mol. The van der Waals surface area contributed by atoms with E-state index in [0.29, 0.717) is 25.9 Å². The molecule has 2 aromatic carbocycles. The first-order chi connectivity index (χ1) is 14.9. The van der Waals surface area contributed by atoms with E-state index in [1.807, 2.05) is 30.3 Å². The molecule has 8 heteroatoms. The van der Waals surface area contributed by atoms with Gasteiger partial charge in [0.25, 0.3) is 5.91 Å². The molecule has 0 aliphatic carbocycles. The minimum Gasteiger partial charge on any atom is -0.494 e. The summed E-state index contributed by atoms with van der Waals surface area (Å²) in [6, 6.07) is 12.7. The molecule has 1 saturated heterocycles. The lowest BCUT2D eigenvalue weighted by atomic mass is 10.2. The Morgan fingerprint density at radius 1 is 1.10 bits per heavy atom. The fourth-order valence-corrected chi connectivity index (χ4v) is 4.76. The Kier molecular flexibility index (Phi) is 8.81. The number of ether oxygens (including phenoxy) is 1. The number of thiocarbonyl (C=S) groups is 1. The molecule has 2 aromatic rings. The Labute approximate surface area is 203 Å². The molecular weight excluding hydrogens is 471 g/mol. The second-order valence-corrected chi connectivity index (χ2v) is 9.40. The molecule has 0 spiro atoms. The van der Waals surface area contributed by atoms with Crippen LogP contribution in [0.1, 0.15) is 25.8 Å². The first-order valence-electron chi connectivity index (χ1n) is 10.1. The highest BCUT2D eigenvalue weighted by Crippen LogP contribution is 2.37. The number of benzene rings is 2. The largest absolute Gasteiger partial charge is 0.494 e. The van der Waals surface area contributed by atoms with Gasteiger partial charge in [0.15, 0.2) is 4.32 Å². The van der Waals surface area contributed by atoms with Crippen LogP contribution >= 0.6 is 47.2 Å². The summed E-state index contributed by atoms with van der Waals surface area (Å²) in [7, 11) is 0. The predicted molar refractivity (Wildman–Crippen MR) is 136 cm³/mol. The lowest BCUT2D eigenvalue weighted by molar-refractivity contribution is -0.113. The molecular formula is C23H24Cl2N2O2S2. The van der Waals surface area contributed by atoms with Gasteiger partial charge < -0.3 is 9.64 Å². The van der Waals surface area contributed by atoms with Crippen molar-refractivity contribution < 1.29 is 9.53 Å². The summed E-state index contributed by atoms with van der Waals surface area (Å²) in [5.74, 6) is 0.619. The number of thioether (sulfide) groups is 1. The molecule has 0 aromatic heterocycles. The van der Waals surface area contributed by atoms with Gasteiger partial charge in [0.1, 0.15) is 5.75 Å². The second kappa shape index (κ2) is 11.3. The van der Waals surface area contributed by atoms with Crippen molar-refractivity contribution in [3.8, 4) is 5.75 Å². The lowest BCUT2D eigenvalue weighted by Crippen LogP contribution is -2.27. The van der Waals surface area contributed by atoms with Gasteiger partial charge in [-0.15, -0.1) is 0 Å². The van der Waals surface area contributed by atoms with Gasteiger partial charge in [0.2, 0.25) is 0 Å². The van der Waals surface area contributed by atoms with Gasteiger partial charge >= 0.3 is 0 Å². The van der Waals surface area contributed by atoms with Gasteiger partial charge in [-0.2, -0.15) is 0 Å². The Bertz CT molecular complexity index is 976. The molecule has 0 N–H and O–H groups in total. The van der Waals surface area contributed by atoms with Crippen LogP contribution in [0.15, 0.2) is 47.4 Å². The number of nitrogens with zero attached hydrogens (tertiary/aromatic N) is 2. The first kappa shape index (κ1) is 24.1. The van der Waals surface area contributed by atoms with Gasteiger partial charge in [-0.3, -0.25) is 9.69 Å². The summed E-state index contributed by atoms with van der Waals surface area (Å²) >= 11 is 18.8. The van der Waals surface area contributed by atoms with Crippen LogP contribution in [0.25, 0.3) is 6.08 Å². The first-order valence-corrected chi connectivity index (χ1v) is 12.1. The number of carbonyl (C=O) groups is 1. The molecule has 164 valence electrons. The monoisotopic (exact) mass is 494 g/mol. The number of hydrogen-bond acceptors (Lipinski definition) is 5. The third kappa shape index (κ3) is 6.24. The van der Waals surface area contributed by atoms with Crippen LogP contribution in [0, 0.1) is 0 Å². The van der Waals surface area contributed by atoms with Crippen molar-refractivity contribution >= 4 is 69.2 Å². The van der Waals surface area contributed by atoms with Gasteiger partial charge in [-0.05, 0) is 67.5 Å². The topological polar surface area (TPSA) is 32.8 Å². The maximum absolute atomic E-state index is 12.9. The molecule has 0 saturated carbocycles. The summed E-state index contributed by atoms with van der Waals surface area (Å²) in [4.78, 5) is 17.4. The second-order valence-electron chi connectivity index (χ2n) is 6.91. The van der Waals surface area contributed by atoms with Crippen LogP contribution in [0.5, 0.6) is 5.75 Å². The molecule has 4 nitrogen and oxygen atoms in total. The third-order valence-electron chi connectivity index (χ3n) is 4.91. The van der Waals surface area contributed by atoms with Crippen LogP contribution in [-0.2, 0) is 4.79 Å². The van der Waals surface area contributed by atoms with Crippen LogP contribution in [-0.4, -0.2) is 41.4 Å². The highest BCUT2D eigenvalue weighted by atomic mass is 35.5. The highest BCUT2D eigenvalue weighted by Gasteiger charge is 2.33. The minimum atomic E-state index is -0.158. The van der Waals surface area contributed by atoms with Crippen molar-refractivity contribution in [3.63, 3.8) is 0 Å². The molecule has 1 amide bonds. The zero-order valence-electron chi connectivity index (χ0n) is 17.4. The maximum atomic E-state index is 12.9. The van der Waals surface area contributed by atoms with Crippen molar-refractivity contribution in [3.05, 3.63) is 63.0 Å². The summed E-state index contributed by atoms with van der Waals surface area (Å²) in [5.41, 5.74) is 1.51. The van der Waals surface area contributed by atoms with Crippen molar-refractivity contribution in [1.29, 1.82) is 0 Å². The fourth-order valence-electron chi connectivity index (χ4n) is 3.15. The van der Waals surface area contributed by atoms with Crippen molar-refractivity contribution in [2.75, 3.05) is 31.1 Å². The van der Waals surface area contributed by atoms with Gasteiger partial charge in [0.05, 0.1) is 27.2 Å². The van der Waals surface area contributed by atoms with E-state index in [1.165, 1.54) is 16.7 Å². The van der Waals surface area contributed by atoms with E-state index >= 15 is 0 Å². The molecule has 0 unspecified atom stereocenters. The number of amides is 1. The van der Waals surface area contributed by atoms with E-state index in [2.05, 4.69) is 18.7 Å². The Morgan fingerprint density at radius 2 is 1.81 bits per heavy atom. The van der Waals surface area contributed by atoms with E-state index < -0.39 is 0 Å². The van der Waals surface area contributed by atoms with E-state index in [1.54, 1.807) is 18.2 Å². The zero-order chi connectivity index (χ0) is 22.4. The van der Waals surface area contributed by atoms with Crippen LogP contribution in [0.2, 0.25) is 10.0 Å². The van der Waals surface area contributed by atoms with E-state index in [9.17, 15) is 4.79 Å². The lowest BCUT2D eigenvalue weighted by Gasteiger charge is -2.18. The molecule has 0 atom stereocenters. The Balaban J connectivity index is 1.63. The SMILES string of the molecule is CCN(CC)CCCOc1ccc(N2C(=O)/C(=C/c3ccc(Cl)c(Cl)c3)SC2=S)cc1. The number of hydrogen-bond donors (Lipinski definition) is 0. The molecule has 1 heterocycles. The van der Waals surface area contributed by atoms with Crippen molar-refractivity contribution in [1.82, 2.24) is 4.90 Å². The Hall–Kier alpha value is -1.57. The molecule has 1 fully saturated rings. The number of anilines is 1. The standard InChI is InChI=1S/C23H24Cl2N2O2S2/c1-3-26(4-2)12-5-13-29-18-9-7-17(8-10-18)27-22(28)21(31-23(27)30)15-16-6-11-19(24)20(25)14-16/h6-11,14-15H,3-5,12-13H2,1-2H3/b21-15-. The smallest absolute Gasteiger partial charge is 0.270 e. The maximum Gasteiger partial charge on any atom is 0.270 e. The Morgan fingerprint density at radius 3 is 2.45 bits per heavy atom. The molecule has 1 aliphatic heterocycles. The molecule has 0 bridgehead atoms. The van der Waals surface area contributed by atoms with Gasteiger partial charge in [0, 0.05) is 6.54 Å². The predicted octanol–water partition coefficient (Wildman–Crippen LogP) is 6.51. The van der Waals surface area contributed by atoms with Gasteiger partial charge in [-0.1, -0.05) is 67.1 Å². The van der Waals surface area contributed by atoms with Crippen LogP contribution in [0.3, 0.4) is 0 Å². The number of rotatable bonds is 9. The number of halogens is 2. The van der Waals surface area contributed by atoms with E-state index in [-0.39, 0.29) is 5.91 Å². The average Bonchev–Trinajstić information content (AvgIpc) is 3.04. The summed E-state index contributed by atoms with van der Waals surface area (Å²) in [6.45, 7) is 8.10. The normalized spacial score (nSPS) is 15.4.